The Morgan fingerprint density at radius 1 is 1.28 bits per heavy atom. The first-order valence-corrected chi connectivity index (χ1v) is 8.23. The summed E-state index contributed by atoms with van der Waals surface area (Å²) in [5, 5.41) is 14.1. The highest BCUT2D eigenvalue weighted by Gasteiger charge is 2.13. The number of benzene rings is 2. The number of aliphatic hydroxyl groups is 1. The van der Waals surface area contributed by atoms with E-state index in [1.807, 2.05) is 49.5 Å². The number of ether oxygens (including phenoxy) is 1. The van der Waals surface area contributed by atoms with Crippen molar-refractivity contribution in [1.82, 2.24) is 10.3 Å². The van der Waals surface area contributed by atoms with E-state index in [4.69, 9.17) is 4.74 Å². The molecule has 25 heavy (non-hydrogen) atoms. The predicted octanol–water partition coefficient (Wildman–Crippen LogP) is 2.88. The third-order valence-electron chi connectivity index (χ3n) is 4.33. The van der Waals surface area contributed by atoms with Gasteiger partial charge in [-0.25, -0.2) is 0 Å². The fraction of sp³-hybridized carbons (Fsp3) is 0.250. The Labute approximate surface area is 146 Å². The lowest BCUT2D eigenvalue weighted by Gasteiger charge is -2.13. The lowest BCUT2D eigenvalue weighted by molar-refractivity contribution is -0.120. The zero-order valence-electron chi connectivity index (χ0n) is 14.4. The molecule has 3 rings (SSSR count). The van der Waals surface area contributed by atoms with Gasteiger partial charge in [-0.05, 0) is 35.7 Å². The van der Waals surface area contributed by atoms with Crippen LogP contribution < -0.4 is 10.1 Å². The maximum Gasteiger partial charge on any atom is 0.224 e. The molecule has 1 atom stereocenters. The van der Waals surface area contributed by atoms with Crippen LogP contribution in [-0.2, 0) is 11.2 Å². The van der Waals surface area contributed by atoms with E-state index in [9.17, 15) is 9.90 Å². The molecule has 3 aromatic rings. The summed E-state index contributed by atoms with van der Waals surface area (Å²) in [5.41, 5.74) is 3.87. The molecule has 0 radical (unpaired) electrons. The van der Waals surface area contributed by atoms with E-state index in [2.05, 4.69) is 10.3 Å². The fourth-order valence-corrected chi connectivity index (χ4v) is 2.92. The fourth-order valence-electron chi connectivity index (χ4n) is 2.92. The van der Waals surface area contributed by atoms with Gasteiger partial charge in [0.25, 0.3) is 0 Å². The summed E-state index contributed by atoms with van der Waals surface area (Å²) in [5.74, 6) is 0.557. The van der Waals surface area contributed by atoms with Gasteiger partial charge in [0.1, 0.15) is 5.75 Å². The second kappa shape index (κ2) is 7.40. The first-order valence-electron chi connectivity index (χ1n) is 8.23. The number of carbonyl (C=O) groups excluding carboxylic acids is 1. The zero-order valence-corrected chi connectivity index (χ0v) is 14.4. The number of aliphatic hydroxyl groups excluding tert-OH is 1. The average molecular weight is 338 g/mol. The van der Waals surface area contributed by atoms with Crippen molar-refractivity contribution in [1.29, 1.82) is 0 Å². The van der Waals surface area contributed by atoms with E-state index in [0.29, 0.717) is 11.3 Å². The maximum absolute atomic E-state index is 12.2. The van der Waals surface area contributed by atoms with Crippen LogP contribution in [0.2, 0.25) is 0 Å². The van der Waals surface area contributed by atoms with E-state index < -0.39 is 6.10 Å². The number of aromatic nitrogens is 1. The molecule has 0 saturated heterocycles. The number of para-hydroxylation sites is 1. The number of rotatable bonds is 6. The molecule has 0 spiro atoms. The highest BCUT2D eigenvalue weighted by molar-refractivity contribution is 5.90. The number of carbonyl (C=O) groups is 1. The first kappa shape index (κ1) is 17.0. The Kier molecular flexibility index (Phi) is 5.05. The average Bonchev–Trinajstić information content (AvgIpc) is 3.04. The number of aromatic amines is 1. The number of amides is 1. The molecule has 5 heteroatoms. The van der Waals surface area contributed by atoms with Crippen molar-refractivity contribution in [2.24, 2.45) is 0 Å². The molecule has 2 aromatic carbocycles. The summed E-state index contributed by atoms with van der Waals surface area (Å²) >= 11 is 0. The minimum absolute atomic E-state index is 0.121. The van der Waals surface area contributed by atoms with Gasteiger partial charge in [-0.1, -0.05) is 30.3 Å². The van der Waals surface area contributed by atoms with Crippen LogP contribution in [0, 0.1) is 6.92 Å². The van der Waals surface area contributed by atoms with E-state index >= 15 is 0 Å². The molecule has 0 saturated carbocycles. The van der Waals surface area contributed by atoms with Gasteiger partial charge in [-0.15, -0.1) is 0 Å². The Morgan fingerprint density at radius 2 is 2.08 bits per heavy atom. The predicted molar refractivity (Wildman–Crippen MR) is 97.7 cm³/mol. The monoisotopic (exact) mass is 338 g/mol. The topological polar surface area (TPSA) is 74.3 Å². The van der Waals surface area contributed by atoms with Crippen LogP contribution in [0.25, 0.3) is 10.9 Å². The van der Waals surface area contributed by atoms with Crippen LogP contribution in [0.5, 0.6) is 5.75 Å². The molecule has 5 nitrogen and oxygen atoms in total. The Hall–Kier alpha value is -2.79. The summed E-state index contributed by atoms with van der Waals surface area (Å²) in [6.45, 7) is 2.20. The molecule has 3 N–H and O–H groups in total. The number of aryl methyl sites for hydroxylation is 1. The van der Waals surface area contributed by atoms with Crippen molar-refractivity contribution >= 4 is 16.8 Å². The van der Waals surface area contributed by atoms with E-state index in [-0.39, 0.29) is 18.9 Å². The Balaban J connectivity index is 1.61. The standard InChI is InChI=1S/C20H22N2O3/c1-13-5-3-8-17-15(11-22-20(13)17)10-19(24)21-12-18(23)14-6-4-7-16(9-14)25-2/h3-9,11,18,22-23H,10,12H2,1-2H3,(H,21,24). The van der Waals surface area contributed by atoms with Crippen molar-refractivity contribution in [3.63, 3.8) is 0 Å². The second-order valence-corrected chi connectivity index (χ2v) is 6.08. The number of fused-ring (bicyclic) bond motifs is 1. The van der Waals surface area contributed by atoms with E-state index in [0.717, 1.165) is 22.0 Å². The van der Waals surface area contributed by atoms with Crippen LogP contribution in [0.3, 0.4) is 0 Å². The smallest absolute Gasteiger partial charge is 0.224 e. The third-order valence-corrected chi connectivity index (χ3v) is 4.33. The van der Waals surface area contributed by atoms with Gasteiger partial charge >= 0.3 is 0 Å². The molecule has 0 fully saturated rings. The van der Waals surface area contributed by atoms with E-state index in [1.54, 1.807) is 13.2 Å². The third kappa shape index (κ3) is 3.83. The van der Waals surface area contributed by atoms with Gasteiger partial charge in [-0.3, -0.25) is 4.79 Å². The minimum atomic E-state index is -0.774. The van der Waals surface area contributed by atoms with E-state index in [1.165, 1.54) is 0 Å². The SMILES string of the molecule is COc1cccc(C(O)CNC(=O)Cc2c[nH]c3c(C)cccc23)c1. The molecule has 130 valence electrons. The van der Waals surface area contributed by atoms with Gasteiger partial charge in [-0.2, -0.15) is 0 Å². The Morgan fingerprint density at radius 3 is 2.88 bits per heavy atom. The Bertz CT molecular complexity index is 886. The summed E-state index contributed by atoms with van der Waals surface area (Å²) in [4.78, 5) is 15.5. The molecule has 1 aromatic heterocycles. The lowest BCUT2D eigenvalue weighted by Crippen LogP contribution is -2.29. The minimum Gasteiger partial charge on any atom is -0.497 e. The molecule has 0 aliphatic heterocycles. The second-order valence-electron chi connectivity index (χ2n) is 6.08. The molecule has 1 heterocycles. The van der Waals surface area contributed by atoms with Crippen LogP contribution in [0.1, 0.15) is 22.8 Å². The summed E-state index contributed by atoms with van der Waals surface area (Å²) in [6.07, 6.45) is 1.37. The van der Waals surface area contributed by atoms with Gasteiger partial charge in [0.2, 0.25) is 5.91 Å². The van der Waals surface area contributed by atoms with Crippen LogP contribution >= 0.6 is 0 Å². The first-order chi connectivity index (χ1) is 12.1. The number of nitrogens with one attached hydrogen (secondary N) is 2. The molecule has 1 amide bonds. The van der Waals surface area contributed by atoms with Crippen molar-refractivity contribution in [2.75, 3.05) is 13.7 Å². The highest BCUT2D eigenvalue weighted by atomic mass is 16.5. The summed E-state index contributed by atoms with van der Waals surface area (Å²) in [7, 11) is 1.58. The number of hydrogen-bond acceptors (Lipinski definition) is 3. The molecular formula is C20H22N2O3. The van der Waals surface area contributed by atoms with Crippen molar-refractivity contribution in [3.8, 4) is 5.75 Å². The quantitative estimate of drug-likeness (QED) is 0.647. The summed E-state index contributed by atoms with van der Waals surface area (Å²) < 4.78 is 5.15. The van der Waals surface area contributed by atoms with Crippen LogP contribution in [-0.4, -0.2) is 29.7 Å². The number of H-pyrrole nitrogens is 1. The summed E-state index contributed by atoms with van der Waals surface area (Å²) in [6, 6.07) is 13.2. The molecule has 0 aliphatic rings. The van der Waals surface area contributed by atoms with Gasteiger partial charge < -0.3 is 20.1 Å². The van der Waals surface area contributed by atoms with Crippen LogP contribution in [0.15, 0.2) is 48.7 Å². The largest absolute Gasteiger partial charge is 0.497 e. The lowest BCUT2D eigenvalue weighted by atomic mass is 10.1. The number of hydrogen-bond donors (Lipinski definition) is 3. The van der Waals surface area contributed by atoms with Gasteiger partial charge in [0, 0.05) is 23.6 Å². The van der Waals surface area contributed by atoms with Gasteiger partial charge in [0.15, 0.2) is 0 Å². The van der Waals surface area contributed by atoms with Gasteiger partial charge in [0.05, 0.1) is 19.6 Å². The highest BCUT2D eigenvalue weighted by Crippen LogP contribution is 2.22. The molecular weight excluding hydrogens is 316 g/mol. The number of methoxy groups -OCH3 is 1. The van der Waals surface area contributed by atoms with Crippen molar-refractivity contribution < 1.29 is 14.6 Å². The molecule has 1 unspecified atom stereocenters. The van der Waals surface area contributed by atoms with Crippen molar-refractivity contribution in [3.05, 3.63) is 65.4 Å². The van der Waals surface area contributed by atoms with Crippen molar-refractivity contribution in [2.45, 2.75) is 19.4 Å². The maximum atomic E-state index is 12.2. The molecule has 0 aliphatic carbocycles. The molecule has 0 bridgehead atoms. The normalized spacial score (nSPS) is 12.1. The van der Waals surface area contributed by atoms with Crippen LogP contribution in [0.4, 0.5) is 0 Å². The zero-order chi connectivity index (χ0) is 17.8.